The number of hydrogen-bond acceptors (Lipinski definition) is 9. The van der Waals surface area contributed by atoms with Crippen molar-refractivity contribution in [2.24, 2.45) is 5.73 Å². The van der Waals surface area contributed by atoms with Gasteiger partial charge in [0, 0.05) is 24.2 Å². The van der Waals surface area contributed by atoms with E-state index in [0.29, 0.717) is 23.6 Å². The summed E-state index contributed by atoms with van der Waals surface area (Å²) in [5.74, 6) is -1.39. The number of primary amides is 1. The average Bonchev–Trinajstić information content (AvgIpc) is 3.30. The highest BCUT2D eigenvalue weighted by Crippen LogP contribution is 2.57. The smallest absolute Gasteiger partial charge is 0.366 e. The Kier molecular flexibility index (Phi) is 6.84. The van der Waals surface area contributed by atoms with Crippen molar-refractivity contribution in [3.05, 3.63) is 58.8 Å². The third-order valence-electron chi connectivity index (χ3n) is 6.16. The summed E-state index contributed by atoms with van der Waals surface area (Å²) >= 11 is 6.09. The van der Waals surface area contributed by atoms with E-state index in [9.17, 15) is 9.36 Å². The lowest BCUT2D eigenvalue weighted by Gasteiger charge is -2.33. The summed E-state index contributed by atoms with van der Waals surface area (Å²) in [6.45, 7) is 4.22. The second-order valence-corrected chi connectivity index (χ2v) is 11.2. The second kappa shape index (κ2) is 9.61. The molecule has 4 aliphatic heterocycles. The number of rotatable bonds is 6. The van der Waals surface area contributed by atoms with Gasteiger partial charge in [0.15, 0.2) is 12.0 Å². The quantitative estimate of drug-likeness (QED) is 0.556. The van der Waals surface area contributed by atoms with Crippen LogP contribution in [-0.4, -0.2) is 60.9 Å². The van der Waals surface area contributed by atoms with Crippen LogP contribution in [0, 0.1) is 0 Å². The van der Waals surface area contributed by atoms with Crippen molar-refractivity contribution >= 4 is 25.3 Å². The van der Waals surface area contributed by atoms with Crippen molar-refractivity contribution in [1.82, 2.24) is 4.90 Å². The fourth-order valence-corrected chi connectivity index (χ4v) is 6.23. The lowest BCUT2D eigenvalue weighted by molar-refractivity contribution is -0.204. The maximum absolute atomic E-state index is 13.3. The minimum absolute atomic E-state index is 0.104. The predicted octanol–water partition coefficient (Wildman–Crippen LogP) is 3.43. The maximum Gasteiger partial charge on any atom is 0.475 e. The summed E-state index contributed by atoms with van der Waals surface area (Å²) in [5, 5.41) is 0.562. The Labute approximate surface area is 208 Å². The van der Waals surface area contributed by atoms with E-state index in [0.717, 1.165) is 5.56 Å². The molecule has 0 spiro atoms. The first-order valence-corrected chi connectivity index (χ1v) is 13.2. The van der Waals surface area contributed by atoms with Crippen molar-refractivity contribution < 1.29 is 37.1 Å². The number of fused-ring (bicyclic) bond motifs is 1. The van der Waals surface area contributed by atoms with Crippen LogP contribution in [0.3, 0.4) is 0 Å². The van der Waals surface area contributed by atoms with E-state index in [1.807, 2.05) is 37.0 Å². The van der Waals surface area contributed by atoms with Crippen LogP contribution < -0.4 is 5.73 Å². The molecular weight excluding hydrogens is 499 g/mol. The zero-order valence-electron chi connectivity index (χ0n) is 19.4. The van der Waals surface area contributed by atoms with Crippen LogP contribution >= 0.6 is 19.4 Å². The number of phosphoric acid groups is 1. The highest BCUT2D eigenvalue weighted by molar-refractivity contribution is 7.48. The molecule has 12 heteroatoms. The number of ether oxygens (including phenoxy) is 3. The number of nitrogens with zero attached hydrogens (tertiary/aromatic N) is 1. The molecule has 1 aromatic rings. The Hall–Kier alpha value is -1.75. The van der Waals surface area contributed by atoms with Gasteiger partial charge in [0.25, 0.3) is 0 Å². The third kappa shape index (κ3) is 5.35. The third-order valence-corrected chi connectivity index (χ3v) is 7.87. The normalized spacial score (nSPS) is 36.1. The van der Waals surface area contributed by atoms with E-state index in [2.05, 4.69) is 0 Å². The Morgan fingerprint density at radius 3 is 2.89 bits per heavy atom. The molecule has 3 fully saturated rings. The molecule has 35 heavy (non-hydrogen) atoms. The molecule has 0 aromatic heterocycles. The molecule has 0 bridgehead atoms. The first kappa shape index (κ1) is 24.9. The van der Waals surface area contributed by atoms with Gasteiger partial charge in [0.1, 0.15) is 18.3 Å². The Balaban J connectivity index is 1.28. The van der Waals surface area contributed by atoms with Gasteiger partial charge >= 0.3 is 7.82 Å². The SMILES string of the molecule is CC1(C)O[C@@H]2[C@H](O1)C(COP1(=O)OCCC(c3cccc(Cl)c3)O1)O[C@H]2N1C=C(C(N)=O)C=CC1. The summed E-state index contributed by atoms with van der Waals surface area (Å²) in [7, 11) is -3.86. The number of hydrogen-bond donors (Lipinski definition) is 1. The molecular formula is C23H28ClN2O8P. The molecule has 3 unspecified atom stereocenters. The van der Waals surface area contributed by atoms with Crippen LogP contribution in [0.1, 0.15) is 31.9 Å². The highest BCUT2D eigenvalue weighted by Gasteiger charge is 2.57. The lowest BCUT2D eigenvalue weighted by Crippen LogP contribution is -2.42. The standard InChI is InChI=1S/C23H28ClN2O8P/c1-23(2)32-19-18(31-22(20(19)33-23)26-9-4-6-15(12-26)21(25)27)13-30-35(28)29-10-8-17(34-35)14-5-3-7-16(24)11-14/h3-7,11-12,17-20,22H,8-10,13H2,1-2H3,(H2,25,27)/t17?,18?,19-,20-,22-,35?/m1/s1. The van der Waals surface area contributed by atoms with Gasteiger partial charge in [0.05, 0.1) is 24.9 Å². The molecule has 190 valence electrons. The van der Waals surface area contributed by atoms with Crippen LogP contribution in [0.4, 0.5) is 0 Å². The molecule has 2 N–H and O–H groups in total. The van der Waals surface area contributed by atoms with Crippen molar-refractivity contribution in [2.45, 2.75) is 56.7 Å². The fourth-order valence-electron chi connectivity index (χ4n) is 4.64. The Morgan fingerprint density at radius 2 is 2.11 bits per heavy atom. The summed E-state index contributed by atoms with van der Waals surface area (Å²) in [4.78, 5) is 13.5. The summed E-state index contributed by atoms with van der Waals surface area (Å²) in [6.07, 6.45) is 3.03. The number of carbonyl (C=O) groups is 1. The van der Waals surface area contributed by atoms with Gasteiger partial charge in [-0.25, -0.2) is 4.57 Å². The molecule has 0 radical (unpaired) electrons. The van der Waals surface area contributed by atoms with Crippen molar-refractivity contribution in [3.63, 3.8) is 0 Å². The van der Waals surface area contributed by atoms with E-state index in [4.69, 9.17) is 45.1 Å². The lowest BCUT2D eigenvalue weighted by atomic mass is 10.1. The number of benzene rings is 1. The van der Waals surface area contributed by atoms with E-state index in [-0.39, 0.29) is 13.2 Å². The second-order valence-electron chi connectivity index (χ2n) is 9.19. The molecule has 3 saturated heterocycles. The van der Waals surface area contributed by atoms with E-state index in [1.54, 1.807) is 24.4 Å². The van der Waals surface area contributed by atoms with E-state index < -0.39 is 50.2 Å². The highest BCUT2D eigenvalue weighted by atomic mass is 35.5. The fraction of sp³-hybridized carbons (Fsp3) is 0.522. The summed E-state index contributed by atoms with van der Waals surface area (Å²) in [5.41, 5.74) is 6.60. The molecule has 4 heterocycles. The van der Waals surface area contributed by atoms with Crippen LogP contribution in [0.5, 0.6) is 0 Å². The summed E-state index contributed by atoms with van der Waals surface area (Å²) in [6, 6.07) is 7.19. The van der Waals surface area contributed by atoms with Crippen LogP contribution in [0.2, 0.25) is 5.02 Å². The van der Waals surface area contributed by atoms with Crippen molar-refractivity contribution in [2.75, 3.05) is 19.8 Å². The van der Waals surface area contributed by atoms with Crippen molar-refractivity contribution in [3.8, 4) is 0 Å². The van der Waals surface area contributed by atoms with Crippen LogP contribution in [-0.2, 0) is 37.1 Å². The first-order chi connectivity index (χ1) is 16.6. The van der Waals surface area contributed by atoms with Gasteiger partial charge in [-0.1, -0.05) is 35.9 Å². The molecule has 4 aliphatic rings. The van der Waals surface area contributed by atoms with Gasteiger partial charge in [-0.2, -0.15) is 0 Å². The first-order valence-electron chi connectivity index (χ1n) is 11.4. The number of halogens is 1. The predicted molar refractivity (Wildman–Crippen MR) is 125 cm³/mol. The zero-order valence-corrected chi connectivity index (χ0v) is 21.0. The number of phosphoric ester groups is 1. The zero-order chi connectivity index (χ0) is 24.8. The minimum Gasteiger partial charge on any atom is -0.366 e. The van der Waals surface area contributed by atoms with Crippen LogP contribution in [0.15, 0.2) is 48.2 Å². The van der Waals surface area contributed by atoms with Gasteiger partial charge in [-0.15, -0.1) is 0 Å². The Morgan fingerprint density at radius 1 is 1.31 bits per heavy atom. The number of carbonyl (C=O) groups excluding carboxylic acids is 1. The van der Waals surface area contributed by atoms with Gasteiger partial charge in [-0.05, 0) is 31.5 Å². The van der Waals surface area contributed by atoms with E-state index >= 15 is 0 Å². The monoisotopic (exact) mass is 526 g/mol. The Bertz CT molecular complexity index is 1100. The number of amides is 1. The maximum atomic E-state index is 13.3. The van der Waals surface area contributed by atoms with Gasteiger partial charge in [0.2, 0.25) is 5.91 Å². The summed E-state index contributed by atoms with van der Waals surface area (Å²) < 4.78 is 48.6. The molecule has 1 aromatic carbocycles. The molecule has 5 rings (SSSR count). The molecule has 10 nitrogen and oxygen atoms in total. The van der Waals surface area contributed by atoms with Crippen molar-refractivity contribution in [1.29, 1.82) is 0 Å². The van der Waals surface area contributed by atoms with Crippen LogP contribution in [0.25, 0.3) is 0 Å². The number of nitrogens with two attached hydrogens (primary N) is 1. The average molecular weight is 527 g/mol. The topological polar surface area (TPSA) is 119 Å². The molecule has 0 aliphatic carbocycles. The largest absolute Gasteiger partial charge is 0.475 e. The minimum atomic E-state index is -3.86. The van der Waals surface area contributed by atoms with Gasteiger partial charge < -0.3 is 24.8 Å². The van der Waals surface area contributed by atoms with Gasteiger partial charge in [-0.3, -0.25) is 18.4 Å². The van der Waals surface area contributed by atoms with E-state index in [1.165, 1.54) is 0 Å². The molecule has 6 atom stereocenters. The molecule has 1 amide bonds. The molecule has 0 saturated carbocycles.